The topological polar surface area (TPSA) is 86.8 Å². The number of fused-ring (bicyclic) bond motifs is 1. The van der Waals surface area contributed by atoms with Gasteiger partial charge in [0.25, 0.3) is 5.91 Å². The molecule has 178 valence electrons. The van der Waals surface area contributed by atoms with E-state index >= 15 is 0 Å². The molecule has 8 heteroatoms. The number of esters is 1. The first kappa shape index (κ1) is 23.7. The number of para-hydroxylation sites is 1. The minimum atomic E-state index is -1.11. The smallest absolute Gasteiger partial charge is 0.339 e. The summed E-state index contributed by atoms with van der Waals surface area (Å²) in [5.41, 5.74) is 2.32. The van der Waals surface area contributed by atoms with E-state index in [0.717, 1.165) is 0 Å². The molecule has 1 aromatic heterocycles. The molecule has 35 heavy (non-hydrogen) atoms. The lowest BCUT2D eigenvalue weighted by Crippen LogP contribution is -2.30. The maximum atomic E-state index is 13.4. The summed E-state index contributed by atoms with van der Waals surface area (Å²) in [7, 11) is 2.99. The summed E-state index contributed by atoms with van der Waals surface area (Å²) in [6.45, 7) is 1.48. The van der Waals surface area contributed by atoms with Gasteiger partial charge in [-0.2, -0.15) is 0 Å². The van der Waals surface area contributed by atoms with Crippen molar-refractivity contribution in [1.82, 2.24) is 4.98 Å². The predicted molar refractivity (Wildman–Crippen MR) is 130 cm³/mol. The van der Waals surface area contributed by atoms with Gasteiger partial charge in [0, 0.05) is 17.0 Å². The Hall–Kier alpha value is -4.46. The zero-order chi connectivity index (χ0) is 24.9. The van der Waals surface area contributed by atoms with E-state index in [1.54, 1.807) is 60.7 Å². The van der Waals surface area contributed by atoms with Gasteiger partial charge in [0.15, 0.2) is 6.10 Å². The van der Waals surface area contributed by atoms with Gasteiger partial charge in [-0.3, -0.25) is 4.79 Å². The molecule has 1 N–H and O–H groups in total. The molecule has 0 radical (unpaired) electrons. The van der Waals surface area contributed by atoms with E-state index in [-0.39, 0.29) is 11.4 Å². The molecule has 0 saturated heterocycles. The lowest BCUT2D eigenvalue weighted by atomic mass is 10.0. The lowest BCUT2D eigenvalue weighted by molar-refractivity contribution is -0.123. The highest BCUT2D eigenvalue weighted by molar-refractivity contribution is 6.06. The Bertz CT molecular complexity index is 1390. The number of nitrogens with one attached hydrogen (secondary N) is 1. The van der Waals surface area contributed by atoms with Crippen LogP contribution in [0.25, 0.3) is 22.2 Å². The van der Waals surface area contributed by atoms with Gasteiger partial charge in [-0.25, -0.2) is 14.2 Å². The molecule has 0 bridgehead atoms. The third kappa shape index (κ3) is 5.22. The molecule has 1 amide bonds. The zero-order valence-corrected chi connectivity index (χ0v) is 19.4. The van der Waals surface area contributed by atoms with Crippen LogP contribution in [0.5, 0.6) is 11.5 Å². The van der Waals surface area contributed by atoms with Gasteiger partial charge >= 0.3 is 5.97 Å². The van der Waals surface area contributed by atoms with Crippen LogP contribution in [0, 0.1) is 5.82 Å². The monoisotopic (exact) mass is 474 g/mol. The number of amides is 1. The average molecular weight is 474 g/mol. The zero-order valence-electron chi connectivity index (χ0n) is 19.4. The Morgan fingerprint density at radius 3 is 2.40 bits per heavy atom. The minimum Gasteiger partial charge on any atom is -0.497 e. The van der Waals surface area contributed by atoms with Crippen molar-refractivity contribution in [2.75, 3.05) is 19.5 Å². The Kier molecular flexibility index (Phi) is 6.91. The van der Waals surface area contributed by atoms with E-state index in [0.29, 0.717) is 39.3 Å². The number of ether oxygens (including phenoxy) is 3. The van der Waals surface area contributed by atoms with Crippen molar-refractivity contribution in [2.24, 2.45) is 0 Å². The third-order valence-corrected chi connectivity index (χ3v) is 5.39. The number of halogens is 1. The number of hydrogen-bond acceptors (Lipinski definition) is 6. The summed E-state index contributed by atoms with van der Waals surface area (Å²) in [5, 5.41) is 3.28. The Morgan fingerprint density at radius 1 is 0.943 bits per heavy atom. The molecule has 1 unspecified atom stereocenters. The average Bonchev–Trinajstić information content (AvgIpc) is 2.88. The highest BCUT2D eigenvalue weighted by Crippen LogP contribution is 2.29. The highest BCUT2D eigenvalue weighted by Gasteiger charge is 2.23. The SMILES string of the molecule is COc1ccc(OC)c(NC(=O)C(C)OC(=O)c2cc(-c3ccc(F)cc3)nc3ccccc23)c1. The lowest BCUT2D eigenvalue weighted by Gasteiger charge is -2.17. The van der Waals surface area contributed by atoms with Gasteiger partial charge in [0.2, 0.25) is 0 Å². The van der Waals surface area contributed by atoms with Crippen LogP contribution in [0.2, 0.25) is 0 Å². The van der Waals surface area contributed by atoms with Crippen LogP contribution in [0.4, 0.5) is 10.1 Å². The summed E-state index contributed by atoms with van der Waals surface area (Å²) in [6, 6.07) is 19.5. The minimum absolute atomic E-state index is 0.244. The molecular formula is C27H23FN2O5. The molecule has 0 aliphatic carbocycles. The number of nitrogens with zero attached hydrogens (tertiary/aromatic N) is 1. The fourth-order valence-corrected chi connectivity index (χ4v) is 3.54. The Labute approximate surface area is 201 Å². The number of aromatic nitrogens is 1. The second kappa shape index (κ2) is 10.2. The normalized spacial score (nSPS) is 11.5. The van der Waals surface area contributed by atoms with Crippen molar-refractivity contribution >= 4 is 28.5 Å². The fraction of sp³-hybridized carbons (Fsp3) is 0.148. The van der Waals surface area contributed by atoms with Gasteiger partial charge in [0.05, 0.1) is 36.7 Å². The summed E-state index contributed by atoms with van der Waals surface area (Å²) in [5.74, 6) is -0.639. The molecule has 0 fully saturated rings. The van der Waals surface area contributed by atoms with Crippen molar-refractivity contribution in [2.45, 2.75) is 13.0 Å². The van der Waals surface area contributed by atoms with E-state index in [1.165, 1.54) is 33.3 Å². The van der Waals surface area contributed by atoms with E-state index in [4.69, 9.17) is 14.2 Å². The number of benzene rings is 3. The van der Waals surface area contributed by atoms with Crippen LogP contribution in [-0.2, 0) is 9.53 Å². The third-order valence-electron chi connectivity index (χ3n) is 5.39. The van der Waals surface area contributed by atoms with E-state index in [1.807, 2.05) is 0 Å². The fourth-order valence-electron chi connectivity index (χ4n) is 3.54. The molecule has 0 saturated carbocycles. The van der Waals surface area contributed by atoms with Crippen LogP contribution in [0.15, 0.2) is 72.8 Å². The second-order valence-electron chi connectivity index (χ2n) is 7.68. The van der Waals surface area contributed by atoms with E-state index in [2.05, 4.69) is 10.3 Å². The number of carbonyl (C=O) groups is 2. The number of hydrogen-bond donors (Lipinski definition) is 1. The van der Waals surface area contributed by atoms with E-state index in [9.17, 15) is 14.0 Å². The second-order valence-corrected chi connectivity index (χ2v) is 7.68. The van der Waals surface area contributed by atoms with Crippen LogP contribution < -0.4 is 14.8 Å². The summed E-state index contributed by atoms with van der Waals surface area (Å²) in [6.07, 6.45) is -1.11. The maximum absolute atomic E-state index is 13.4. The van der Waals surface area contributed by atoms with Crippen LogP contribution >= 0.6 is 0 Å². The molecule has 0 aliphatic rings. The molecule has 1 heterocycles. The molecule has 0 spiro atoms. The molecule has 1 atom stereocenters. The highest BCUT2D eigenvalue weighted by atomic mass is 19.1. The first-order chi connectivity index (χ1) is 16.9. The van der Waals surface area contributed by atoms with Crippen LogP contribution in [0.1, 0.15) is 17.3 Å². The van der Waals surface area contributed by atoms with Crippen molar-refractivity contribution in [3.05, 3.63) is 84.2 Å². The van der Waals surface area contributed by atoms with Gasteiger partial charge in [-0.05, 0) is 55.5 Å². The molecule has 7 nitrogen and oxygen atoms in total. The summed E-state index contributed by atoms with van der Waals surface area (Å²) < 4.78 is 29.4. The standard InChI is InChI=1S/C27H23FN2O5/c1-16(26(31)30-24-14-19(33-2)12-13-25(24)34-3)35-27(32)21-15-23(17-8-10-18(28)11-9-17)29-22-7-5-4-6-20(21)22/h4-16H,1-3H3,(H,30,31). The first-order valence-electron chi connectivity index (χ1n) is 10.8. The van der Waals surface area contributed by atoms with Crippen LogP contribution in [-0.4, -0.2) is 37.2 Å². The first-order valence-corrected chi connectivity index (χ1v) is 10.8. The predicted octanol–water partition coefficient (Wildman–Crippen LogP) is 5.24. The number of rotatable bonds is 7. The van der Waals surface area contributed by atoms with E-state index < -0.39 is 18.0 Å². The van der Waals surface area contributed by atoms with Crippen molar-refractivity contribution in [3.63, 3.8) is 0 Å². The quantitative estimate of drug-likeness (QED) is 0.369. The number of carbonyl (C=O) groups excluding carboxylic acids is 2. The summed E-state index contributed by atoms with van der Waals surface area (Å²) >= 11 is 0. The Morgan fingerprint density at radius 2 is 1.69 bits per heavy atom. The summed E-state index contributed by atoms with van der Waals surface area (Å²) in [4.78, 5) is 30.5. The van der Waals surface area contributed by atoms with Crippen molar-refractivity contribution in [1.29, 1.82) is 0 Å². The number of pyridine rings is 1. The van der Waals surface area contributed by atoms with Gasteiger partial charge in [-0.15, -0.1) is 0 Å². The van der Waals surface area contributed by atoms with Gasteiger partial charge in [-0.1, -0.05) is 18.2 Å². The van der Waals surface area contributed by atoms with Gasteiger partial charge < -0.3 is 19.5 Å². The largest absolute Gasteiger partial charge is 0.497 e. The molecule has 4 rings (SSSR count). The van der Waals surface area contributed by atoms with Crippen LogP contribution in [0.3, 0.4) is 0 Å². The molecule has 3 aromatic carbocycles. The number of methoxy groups -OCH3 is 2. The molecule has 0 aliphatic heterocycles. The molecule has 4 aromatic rings. The number of anilines is 1. The Balaban J connectivity index is 1.59. The molecular weight excluding hydrogens is 451 g/mol. The van der Waals surface area contributed by atoms with Gasteiger partial charge in [0.1, 0.15) is 17.3 Å². The van der Waals surface area contributed by atoms with Crippen molar-refractivity contribution < 1.29 is 28.2 Å². The maximum Gasteiger partial charge on any atom is 0.339 e. The van der Waals surface area contributed by atoms with Crippen molar-refractivity contribution in [3.8, 4) is 22.8 Å².